The summed E-state index contributed by atoms with van der Waals surface area (Å²) < 4.78 is 33.5. The van der Waals surface area contributed by atoms with Crippen molar-refractivity contribution in [3.63, 3.8) is 0 Å². The molecular formula is C25H24N2O3S. The molecule has 1 heterocycles. The van der Waals surface area contributed by atoms with Crippen LogP contribution in [0.25, 0.3) is 21.9 Å². The van der Waals surface area contributed by atoms with Crippen molar-refractivity contribution < 1.29 is 13.2 Å². The normalized spacial score (nSPS) is 11.6. The smallest absolute Gasteiger partial charge is 0.240 e. The summed E-state index contributed by atoms with van der Waals surface area (Å²) >= 11 is 0. The molecule has 31 heavy (non-hydrogen) atoms. The lowest BCUT2D eigenvalue weighted by molar-refractivity contribution is 0.412. The summed E-state index contributed by atoms with van der Waals surface area (Å²) in [6, 6.07) is 18.8. The number of aryl methyl sites for hydroxylation is 2. The van der Waals surface area contributed by atoms with Gasteiger partial charge in [0.15, 0.2) is 0 Å². The number of rotatable bonds is 6. The molecule has 0 aliphatic heterocycles. The van der Waals surface area contributed by atoms with Gasteiger partial charge in [0.1, 0.15) is 5.75 Å². The van der Waals surface area contributed by atoms with Crippen molar-refractivity contribution in [3.05, 3.63) is 89.7 Å². The number of methoxy groups -OCH3 is 1. The van der Waals surface area contributed by atoms with E-state index in [1.165, 1.54) is 0 Å². The van der Waals surface area contributed by atoms with Crippen molar-refractivity contribution in [1.29, 1.82) is 0 Å². The maximum Gasteiger partial charge on any atom is 0.240 e. The van der Waals surface area contributed by atoms with Crippen molar-refractivity contribution in [1.82, 2.24) is 9.71 Å². The monoisotopic (exact) mass is 432 g/mol. The van der Waals surface area contributed by atoms with Gasteiger partial charge in [0.05, 0.1) is 12.0 Å². The van der Waals surface area contributed by atoms with Crippen LogP contribution in [0.5, 0.6) is 5.75 Å². The summed E-state index contributed by atoms with van der Waals surface area (Å²) in [6.07, 6.45) is 3.53. The van der Waals surface area contributed by atoms with Crippen LogP contribution in [-0.2, 0) is 16.6 Å². The largest absolute Gasteiger partial charge is 0.496 e. The first-order chi connectivity index (χ1) is 14.9. The second-order valence-corrected chi connectivity index (χ2v) is 9.28. The third-order valence-corrected chi connectivity index (χ3v) is 6.82. The molecule has 0 saturated heterocycles. The highest BCUT2D eigenvalue weighted by molar-refractivity contribution is 7.89. The molecule has 5 nitrogen and oxygen atoms in total. The number of sulfonamides is 1. The Hall–Kier alpha value is -3.22. The van der Waals surface area contributed by atoms with Crippen LogP contribution in [0.2, 0.25) is 0 Å². The summed E-state index contributed by atoms with van der Waals surface area (Å²) in [5.41, 5.74) is 5.07. The van der Waals surface area contributed by atoms with E-state index >= 15 is 0 Å². The van der Waals surface area contributed by atoms with Crippen LogP contribution in [0.4, 0.5) is 0 Å². The van der Waals surface area contributed by atoms with E-state index in [-0.39, 0.29) is 11.4 Å². The van der Waals surface area contributed by atoms with Gasteiger partial charge < -0.3 is 4.74 Å². The molecule has 0 fully saturated rings. The lowest BCUT2D eigenvalue weighted by Gasteiger charge is -2.14. The molecule has 1 N–H and O–H groups in total. The number of benzene rings is 3. The summed E-state index contributed by atoms with van der Waals surface area (Å²) in [7, 11) is -1.94. The standard InChI is InChI=1S/C25H24N2O3S/c1-17-4-8-21(9-5-17)31(28,29)27-15-20-6-10-22(23-12-13-26-16-24(20)23)19-7-11-25(30-3)18(2)14-19/h4-14,16,27H,15H2,1-3H3. The maximum atomic E-state index is 12.7. The summed E-state index contributed by atoms with van der Waals surface area (Å²) in [6.45, 7) is 4.12. The Bertz CT molecular complexity index is 1350. The Labute approximate surface area is 182 Å². The van der Waals surface area contributed by atoms with E-state index in [9.17, 15) is 8.42 Å². The fourth-order valence-corrected chi connectivity index (χ4v) is 4.68. The van der Waals surface area contributed by atoms with Crippen molar-refractivity contribution >= 4 is 20.8 Å². The molecule has 0 aliphatic carbocycles. The highest BCUT2D eigenvalue weighted by atomic mass is 32.2. The van der Waals surface area contributed by atoms with Gasteiger partial charge in [0.2, 0.25) is 10.0 Å². The summed E-state index contributed by atoms with van der Waals surface area (Å²) in [5, 5.41) is 1.94. The number of fused-ring (bicyclic) bond motifs is 1. The Kier molecular flexibility index (Phi) is 5.76. The van der Waals surface area contributed by atoms with Gasteiger partial charge in [-0.25, -0.2) is 13.1 Å². The molecule has 158 valence electrons. The third-order valence-electron chi connectivity index (χ3n) is 5.40. The molecule has 0 atom stereocenters. The van der Waals surface area contributed by atoms with Crippen molar-refractivity contribution in [2.24, 2.45) is 0 Å². The molecule has 0 aliphatic rings. The predicted octanol–water partition coefficient (Wildman–Crippen LogP) is 5.01. The molecule has 6 heteroatoms. The molecule has 4 aromatic rings. The molecule has 0 unspecified atom stereocenters. The molecule has 0 bridgehead atoms. The first-order valence-corrected chi connectivity index (χ1v) is 11.4. The number of nitrogens with one attached hydrogen (secondary N) is 1. The first kappa shape index (κ1) is 21.0. The van der Waals surface area contributed by atoms with Gasteiger partial charge in [-0.3, -0.25) is 4.98 Å². The Morgan fingerprint density at radius 2 is 1.71 bits per heavy atom. The van der Waals surface area contributed by atoms with Crippen molar-refractivity contribution in [2.45, 2.75) is 25.3 Å². The SMILES string of the molecule is COc1ccc(-c2ccc(CNS(=O)(=O)c3ccc(C)cc3)c3cnccc23)cc1C. The van der Waals surface area contributed by atoms with E-state index in [2.05, 4.69) is 15.8 Å². The second-order valence-electron chi connectivity index (χ2n) is 7.52. The van der Waals surface area contributed by atoms with Gasteiger partial charge in [0, 0.05) is 24.3 Å². The number of aromatic nitrogens is 1. The minimum Gasteiger partial charge on any atom is -0.496 e. The van der Waals surface area contributed by atoms with Crippen molar-refractivity contribution in [2.75, 3.05) is 7.11 Å². The van der Waals surface area contributed by atoms with Crippen molar-refractivity contribution in [3.8, 4) is 16.9 Å². The molecule has 0 spiro atoms. The number of pyridine rings is 1. The van der Waals surface area contributed by atoms with Crippen LogP contribution in [0.15, 0.2) is 78.0 Å². The predicted molar refractivity (Wildman–Crippen MR) is 124 cm³/mol. The van der Waals surface area contributed by atoms with Gasteiger partial charge in [-0.1, -0.05) is 35.9 Å². The quantitative estimate of drug-likeness (QED) is 0.465. The molecule has 0 radical (unpaired) electrons. The molecule has 0 amide bonds. The van der Waals surface area contributed by atoms with Crippen LogP contribution in [-0.4, -0.2) is 20.5 Å². The summed E-state index contributed by atoms with van der Waals surface area (Å²) in [4.78, 5) is 4.52. The van der Waals surface area contributed by atoms with E-state index in [4.69, 9.17) is 4.74 Å². The third kappa shape index (κ3) is 4.31. The lowest BCUT2D eigenvalue weighted by atomic mass is 9.95. The zero-order chi connectivity index (χ0) is 22.0. The average molecular weight is 433 g/mol. The average Bonchev–Trinajstić information content (AvgIpc) is 2.77. The van der Waals surface area contributed by atoms with Gasteiger partial charge in [-0.15, -0.1) is 0 Å². The number of hydrogen-bond donors (Lipinski definition) is 1. The van der Waals surface area contributed by atoms with E-state index < -0.39 is 10.0 Å². The molecule has 4 rings (SSSR count). The second kappa shape index (κ2) is 8.49. The fourth-order valence-electron chi connectivity index (χ4n) is 3.67. The minimum atomic E-state index is -3.60. The molecular weight excluding hydrogens is 408 g/mol. The Morgan fingerprint density at radius 3 is 2.42 bits per heavy atom. The van der Waals surface area contributed by atoms with Crippen LogP contribution in [0.1, 0.15) is 16.7 Å². The van der Waals surface area contributed by atoms with E-state index in [0.29, 0.717) is 0 Å². The van der Waals surface area contributed by atoms with Crippen LogP contribution < -0.4 is 9.46 Å². The molecule has 0 saturated carbocycles. The summed E-state index contributed by atoms with van der Waals surface area (Å²) in [5.74, 6) is 0.844. The Morgan fingerprint density at radius 1 is 0.935 bits per heavy atom. The number of nitrogens with zero attached hydrogens (tertiary/aromatic N) is 1. The van der Waals surface area contributed by atoms with E-state index in [1.54, 1.807) is 43.8 Å². The topological polar surface area (TPSA) is 68.3 Å². The number of ether oxygens (including phenoxy) is 1. The first-order valence-electron chi connectivity index (χ1n) is 9.96. The fraction of sp³-hybridized carbons (Fsp3) is 0.160. The number of hydrogen-bond acceptors (Lipinski definition) is 4. The van der Waals surface area contributed by atoms with Gasteiger partial charge in [-0.2, -0.15) is 0 Å². The minimum absolute atomic E-state index is 0.181. The Balaban J connectivity index is 1.68. The highest BCUT2D eigenvalue weighted by Gasteiger charge is 2.15. The zero-order valence-corrected chi connectivity index (χ0v) is 18.5. The van der Waals surface area contributed by atoms with Crippen LogP contribution in [0, 0.1) is 13.8 Å². The van der Waals surface area contributed by atoms with Crippen LogP contribution >= 0.6 is 0 Å². The molecule has 1 aromatic heterocycles. The van der Waals surface area contributed by atoms with Gasteiger partial charge in [-0.05, 0) is 71.8 Å². The lowest BCUT2D eigenvalue weighted by Crippen LogP contribution is -2.23. The van der Waals surface area contributed by atoms with Gasteiger partial charge in [0.25, 0.3) is 0 Å². The van der Waals surface area contributed by atoms with Crippen LogP contribution in [0.3, 0.4) is 0 Å². The maximum absolute atomic E-state index is 12.7. The highest BCUT2D eigenvalue weighted by Crippen LogP contribution is 2.33. The van der Waals surface area contributed by atoms with Gasteiger partial charge >= 0.3 is 0 Å². The van der Waals surface area contributed by atoms with E-state index in [1.807, 2.05) is 44.2 Å². The van der Waals surface area contributed by atoms with E-state index in [0.717, 1.165) is 44.3 Å². The zero-order valence-electron chi connectivity index (χ0n) is 17.7. The molecule has 3 aromatic carbocycles.